The van der Waals surface area contributed by atoms with Crippen LogP contribution in [0.5, 0.6) is 0 Å². The van der Waals surface area contributed by atoms with E-state index in [4.69, 9.17) is 4.74 Å². The number of amides is 1. The van der Waals surface area contributed by atoms with E-state index in [-0.39, 0.29) is 18.3 Å². The zero-order valence-electron chi connectivity index (χ0n) is 12.2. The highest BCUT2D eigenvalue weighted by Crippen LogP contribution is 2.25. The first-order chi connectivity index (χ1) is 9.70. The van der Waals surface area contributed by atoms with Crippen LogP contribution >= 0.6 is 28.3 Å². The molecule has 1 fully saturated rings. The predicted molar refractivity (Wildman–Crippen MR) is 91.0 cm³/mol. The molecular weight excluding hydrogens is 356 g/mol. The van der Waals surface area contributed by atoms with Crippen LogP contribution in [0.2, 0.25) is 0 Å². The van der Waals surface area contributed by atoms with Gasteiger partial charge >= 0.3 is 0 Å². The van der Waals surface area contributed by atoms with Crippen LogP contribution in [0.4, 0.5) is 5.69 Å². The minimum Gasteiger partial charge on any atom is -0.380 e. The lowest BCUT2D eigenvalue weighted by molar-refractivity contribution is -0.116. The van der Waals surface area contributed by atoms with Crippen LogP contribution < -0.4 is 10.6 Å². The molecular formula is C15H22BrClN2O2. The number of hydrogen-bond acceptors (Lipinski definition) is 3. The van der Waals surface area contributed by atoms with E-state index in [1.54, 1.807) is 7.11 Å². The van der Waals surface area contributed by atoms with Gasteiger partial charge in [0.25, 0.3) is 0 Å². The number of benzene rings is 1. The molecule has 1 heterocycles. The van der Waals surface area contributed by atoms with Gasteiger partial charge in [0, 0.05) is 35.3 Å². The van der Waals surface area contributed by atoms with Crippen molar-refractivity contribution in [2.75, 3.05) is 19.0 Å². The monoisotopic (exact) mass is 376 g/mol. The maximum Gasteiger partial charge on any atom is 0.224 e. The van der Waals surface area contributed by atoms with Crippen molar-refractivity contribution < 1.29 is 9.53 Å². The van der Waals surface area contributed by atoms with E-state index >= 15 is 0 Å². The maximum absolute atomic E-state index is 12.0. The fourth-order valence-corrected chi connectivity index (χ4v) is 2.97. The normalized spacial score (nSPS) is 17.3. The van der Waals surface area contributed by atoms with Gasteiger partial charge in [0.05, 0.1) is 6.61 Å². The highest BCUT2D eigenvalue weighted by atomic mass is 79.9. The first kappa shape index (κ1) is 18.4. The van der Waals surface area contributed by atoms with E-state index in [1.165, 1.54) is 12.8 Å². The molecule has 1 saturated heterocycles. The Morgan fingerprint density at radius 1 is 1.52 bits per heavy atom. The van der Waals surface area contributed by atoms with Crippen LogP contribution in [0.15, 0.2) is 22.7 Å². The van der Waals surface area contributed by atoms with Gasteiger partial charge in [-0.3, -0.25) is 4.79 Å². The molecule has 118 valence electrons. The van der Waals surface area contributed by atoms with Gasteiger partial charge in [-0.1, -0.05) is 22.0 Å². The largest absolute Gasteiger partial charge is 0.380 e. The van der Waals surface area contributed by atoms with E-state index in [0.717, 1.165) is 28.7 Å². The zero-order chi connectivity index (χ0) is 14.4. The second-order valence-electron chi connectivity index (χ2n) is 5.08. The molecule has 0 radical (unpaired) electrons. The van der Waals surface area contributed by atoms with E-state index in [1.807, 2.05) is 18.2 Å². The van der Waals surface area contributed by atoms with Gasteiger partial charge in [0.15, 0.2) is 0 Å². The first-order valence-corrected chi connectivity index (χ1v) is 7.79. The summed E-state index contributed by atoms with van der Waals surface area (Å²) in [6, 6.07) is 6.27. The molecule has 1 aromatic rings. The summed E-state index contributed by atoms with van der Waals surface area (Å²) >= 11 is 3.49. The van der Waals surface area contributed by atoms with Gasteiger partial charge in [-0.2, -0.15) is 0 Å². The summed E-state index contributed by atoms with van der Waals surface area (Å²) in [5.41, 5.74) is 1.80. The topological polar surface area (TPSA) is 50.4 Å². The molecule has 0 aromatic heterocycles. The van der Waals surface area contributed by atoms with Gasteiger partial charge in [-0.05, 0) is 37.9 Å². The van der Waals surface area contributed by atoms with E-state index in [0.29, 0.717) is 19.1 Å². The molecule has 1 aliphatic heterocycles. The predicted octanol–water partition coefficient (Wildman–Crippen LogP) is 3.49. The summed E-state index contributed by atoms with van der Waals surface area (Å²) in [5.74, 6) is 0.0640. The molecule has 0 saturated carbocycles. The molecule has 1 aliphatic rings. The average molecular weight is 378 g/mol. The summed E-state index contributed by atoms with van der Waals surface area (Å²) in [7, 11) is 1.65. The third-order valence-electron chi connectivity index (χ3n) is 3.56. The van der Waals surface area contributed by atoms with Crippen LogP contribution in [0, 0.1) is 0 Å². The maximum atomic E-state index is 12.0. The molecule has 0 bridgehead atoms. The van der Waals surface area contributed by atoms with Crippen molar-refractivity contribution in [1.82, 2.24) is 5.32 Å². The smallest absolute Gasteiger partial charge is 0.224 e. The van der Waals surface area contributed by atoms with Gasteiger partial charge in [-0.25, -0.2) is 0 Å². The van der Waals surface area contributed by atoms with E-state index < -0.39 is 0 Å². The summed E-state index contributed by atoms with van der Waals surface area (Å²) in [5, 5.41) is 6.39. The number of hydrogen-bond donors (Lipinski definition) is 2. The van der Waals surface area contributed by atoms with Crippen molar-refractivity contribution in [3.8, 4) is 0 Å². The van der Waals surface area contributed by atoms with Crippen molar-refractivity contribution in [1.29, 1.82) is 0 Å². The van der Waals surface area contributed by atoms with Crippen molar-refractivity contribution in [3.05, 3.63) is 28.2 Å². The Bertz CT molecular complexity index is 465. The lowest BCUT2D eigenvalue weighted by Gasteiger charge is -2.13. The Labute approximate surface area is 140 Å². The Morgan fingerprint density at radius 2 is 2.33 bits per heavy atom. The Balaban J connectivity index is 0.00000220. The van der Waals surface area contributed by atoms with Crippen molar-refractivity contribution in [2.45, 2.75) is 38.3 Å². The summed E-state index contributed by atoms with van der Waals surface area (Å²) in [6.07, 6.45) is 3.85. The number of rotatable bonds is 6. The van der Waals surface area contributed by atoms with Crippen LogP contribution in [0.1, 0.15) is 31.2 Å². The molecule has 1 aromatic carbocycles. The number of anilines is 1. The van der Waals surface area contributed by atoms with Gasteiger partial charge in [-0.15, -0.1) is 12.4 Å². The Morgan fingerprint density at radius 3 is 3.00 bits per heavy atom. The molecule has 0 aliphatic carbocycles. The number of methoxy groups -OCH3 is 1. The highest BCUT2D eigenvalue weighted by Gasteiger charge is 2.16. The third kappa shape index (κ3) is 5.58. The summed E-state index contributed by atoms with van der Waals surface area (Å²) < 4.78 is 6.13. The molecule has 1 unspecified atom stereocenters. The SMILES string of the molecule is COCc1c(Br)cccc1NC(=O)CCC1CCCN1.Cl. The van der Waals surface area contributed by atoms with Gasteiger partial charge < -0.3 is 15.4 Å². The minimum atomic E-state index is 0. The second-order valence-corrected chi connectivity index (χ2v) is 5.93. The fourth-order valence-electron chi connectivity index (χ4n) is 2.49. The molecule has 4 nitrogen and oxygen atoms in total. The second kappa shape index (κ2) is 9.41. The summed E-state index contributed by atoms with van der Waals surface area (Å²) in [6.45, 7) is 1.55. The number of carbonyl (C=O) groups is 1. The molecule has 6 heteroatoms. The lowest BCUT2D eigenvalue weighted by Crippen LogP contribution is -2.23. The van der Waals surface area contributed by atoms with Crippen molar-refractivity contribution in [3.63, 3.8) is 0 Å². The number of nitrogens with one attached hydrogen (secondary N) is 2. The highest BCUT2D eigenvalue weighted by molar-refractivity contribution is 9.10. The minimum absolute atomic E-state index is 0. The van der Waals surface area contributed by atoms with Crippen LogP contribution in [0.3, 0.4) is 0 Å². The van der Waals surface area contributed by atoms with E-state index in [9.17, 15) is 4.79 Å². The standard InChI is InChI=1S/C15H21BrN2O2.ClH/c1-20-10-12-13(16)5-2-6-14(12)18-15(19)8-7-11-4-3-9-17-11;/h2,5-6,11,17H,3-4,7-10H2,1H3,(H,18,19);1H. The molecule has 2 N–H and O–H groups in total. The van der Waals surface area contributed by atoms with Gasteiger partial charge in [0.1, 0.15) is 0 Å². The quantitative estimate of drug-likeness (QED) is 0.798. The van der Waals surface area contributed by atoms with Crippen LogP contribution in [0.25, 0.3) is 0 Å². The van der Waals surface area contributed by atoms with Crippen molar-refractivity contribution in [2.24, 2.45) is 0 Å². The molecule has 21 heavy (non-hydrogen) atoms. The number of carbonyl (C=O) groups excluding carboxylic acids is 1. The molecule has 0 spiro atoms. The lowest BCUT2D eigenvalue weighted by atomic mass is 10.1. The average Bonchev–Trinajstić information content (AvgIpc) is 2.94. The van der Waals surface area contributed by atoms with Gasteiger partial charge in [0.2, 0.25) is 5.91 Å². The first-order valence-electron chi connectivity index (χ1n) is 7.00. The van der Waals surface area contributed by atoms with Crippen LogP contribution in [-0.4, -0.2) is 25.6 Å². The number of ether oxygens (including phenoxy) is 1. The Kier molecular flexibility index (Phi) is 8.26. The van der Waals surface area contributed by atoms with Crippen molar-refractivity contribution >= 4 is 39.9 Å². The molecule has 1 atom stereocenters. The van der Waals surface area contributed by atoms with E-state index in [2.05, 4.69) is 26.6 Å². The third-order valence-corrected chi connectivity index (χ3v) is 4.31. The summed E-state index contributed by atoms with van der Waals surface area (Å²) in [4.78, 5) is 12.0. The fraction of sp³-hybridized carbons (Fsp3) is 0.533. The molecule has 1 amide bonds. The Hall–Kier alpha value is -0.620. The number of halogens is 2. The zero-order valence-corrected chi connectivity index (χ0v) is 14.6. The van der Waals surface area contributed by atoms with Crippen LogP contribution in [-0.2, 0) is 16.1 Å². The molecule has 2 rings (SSSR count).